The van der Waals surface area contributed by atoms with E-state index in [-0.39, 0.29) is 82.9 Å². The second-order valence-corrected chi connectivity index (χ2v) is 33.7. The highest BCUT2D eigenvalue weighted by Gasteiger charge is 2.51. The number of nitrogens with zero attached hydrogens (tertiary/aromatic N) is 2. The highest BCUT2D eigenvalue weighted by molar-refractivity contribution is 7.91. The minimum Gasteiger partial charge on any atom is -0.490 e. The molecule has 0 saturated heterocycles. The smallest absolute Gasteiger partial charge is 0.264 e. The molecule has 20 heteroatoms. The van der Waals surface area contributed by atoms with Crippen LogP contribution in [0.25, 0.3) is 0 Å². The molecule has 92 heavy (non-hydrogen) atoms. The van der Waals surface area contributed by atoms with Crippen LogP contribution in [-0.4, -0.2) is 125 Å². The maximum atomic E-state index is 13.5. The number of carbonyl (C=O) groups excluding carboxylic acids is 2. The minimum absolute atomic E-state index is 0.0423. The van der Waals surface area contributed by atoms with Crippen LogP contribution in [0.4, 0.5) is 11.4 Å². The van der Waals surface area contributed by atoms with Crippen molar-refractivity contribution in [1.29, 1.82) is 0 Å². The molecule has 12 rings (SSSR count). The number of fused-ring (bicyclic) bond motifs is 8. The number of aliphatic hydroxyl groups is 2. The Morgan fingerprint density at radius 1 is 0.587 bits per heavy atom. The molecular formula is C72H94Cl2N4O12S2. The molecule has 4 N–H and O–H groups in total. The van der Waals surface area contributed by atoms with Crippen LogP contribution < -0.4 is 28.7 Å². The SMILES string of the molecule is CC(C)OC[C@@]1(O)/C=C/C[C@H](C)[C@@H](C)S(=O)(=O)NC(=O)c2ccc3c(c2)N(C[C@@H]2CC[C@H]21)C[C@@]1(CCCc2cc(Cl)ccc21)CO3.CC(C)OC[C@]1(O)/C=C/C[C@H](C)[C@@H](C)S(=O)(=O)NC(=O)c2ccc3c(c2)N(C[C@@H]2CC[C@H]21)C[C@@]1(CCCc2cc(Cl)ccc21)CO3. The molecule has 2 amide bonds. The molecule has 500 valence electrons. The molecule has 4 aliphatic heterocycles. The van der Waals surface area contributed by atoms with Gasteiger partial charge in [0.1, 0.15) is 22.7 Å². The van der Waals surface area contributed by atoms with Gasteiger partial charge in [0, 0.05) is 58.2 Å². The molecule has 12 atom stereocenters. The molecule has 0 radical (unpaired) electrons. The van der Waals surface area contributed by atoms with E-state index in [1.165, 1.54) is 22.3 Å². The monoisotopic (exact) mass is 1340 g/mol. The second kappa shape index (κ2) is 27.1. The van der Waals surface area contributed by atoms with Gasteiger partial charge in [0.05, 0.1) is 60.5 Å². The summed E-state index contributed by atoms with van der Waals surface area (Å²) in [6.07, 6.45) is 17.7. The lowest BCUT2D eigenvalue weighted by molar-refractivity contribution is -0.106. The molecule has 2 fully saturated rings. The third kappa shape index (κ3) is 14.2. The molecule has 4 aliphatic carbocycles. The van der Waals surface area contributed by atoms with E-state index >= 15 is 0 Å². The third-order valence-electron chi connectivity index (χ3n) is 21.8. The molecule has 0 aromatic heterocycles. The quantitative estimate of drug-likeness (QED) is 0.132. The van der Waals surface area contributed by atoms with Gasteiger partial charge in [-0.05, 0) is 237 Å². The van der Waals surface area contributed by atoms with E-state index in [2.05, 4.69) is 43.5 Å². The number of hydrogen-bond donors (Lipinski definition) is 4. The first-order chi connectivity index (χ1) is 43.6. The summed E-state index contributed by atoms with van der Waals surface area (Å²) < 4.78 is 83.3. The van der Waals surface area contributed by atoms with Crippen LogP contribution in [0.3, 0.4) is 0 Å². The minimum atomic E-state index is -3.97. The zero-order chi connectivity index (χ0) is 65.7. The third-order valence-corrected chi connectivity index (χ3v) is 26.1. The van der Waals surface area contributed by atoms with E-state index in [1.54, 1.807) is 50.2 Å². The molecule has 4 aromatic carbocycles. The van der Waals surface area contributed by atoms with Crippen molar-refractivity contribution in [2.75, 3.05) is 62.4 Å². The number of halogens is 2. The maximum Gasteiger partial charge on any atom is 0.264 e. The molecule has 4 aromatic rings. The largest absolute Gasteiger partial charge is 0.490 e. The first-order valence-corrected chi connectivity index (χ1v) is 37.2. The number of benzene rings is 4. The maximum absolute atomic E-state index is 13.5. The van der Waals surface area contributed by atoms with Gasteiger partial charge in [-0.25, -0.2) is 26.3 Å². The van der Waals surface area contributed by atoms with Crippen molar-refractivity contribution in [1.82, 2.24) is 9.44 Å². The summed E-state index contributed by atoms with van der Waals surface area (Å²) in [4.78, 5) is 31.5. The van der Waals surface area contributed by atoms with Gasteiger partial charge in [0.15, 0.2) is 0 Å². The predicted molar refractivity (Wildman–Crippen MR) is 362 cm³/mol. The number of sulfonamides is 2. The molecule has 0 unspecified atom stereocenters. The molecule has 4 heterocycles. The van der Waals surface area contributed by atoms with E-state index in [9.17, 15) is 36.6 Å². The Morgan fingerprint density at radius 2 is 0.989 bits per heavy atom. The molecule has 8 aliphatic rings. The summed E-state index contributed by atoms with van der Waals surface area (Å²) in [6, 6.07) is 22.7. The number of nitrogens with one attached hydrogen (secondary N) is 2. The number of amides is 2. The van der Waals surface area contributed by atoms with Crippen LogP contribution in [-0.2, 0) is 53.2 Å². The van der Waals surface area contributed by atoms with Crippen LogP contribution in [0.15, 0.2) is 97.1 Å². The van der Waals surface area contributed by atoms with Crippen LogP contribution in [0.5, 0.6) is 11.5 Å². The van der Waals surface area contributed by atoms with Crippen molar-refractivity contribution in [3.8, 4) is 11.5 Å². The number of hydrogen-bond acceptors (Lipinski definition) is 14. The highest BCUT2D eigenvalue weighted by atomic mass is 35.5. The van der Waals surface area contributed by atoms with Crippen molar-refractivity contribution in [3.05, 3.63) is 141 Å². The van der Waals surface area contributed by atoms with Crippen LogP contribution >= 0.6 is 23.2 Å². The van der Waals surface area contributed by atoms with Gasteiger partial charge >= 0.3 is 0 Å². The fourth-order valence-electron chi connectivity index (χ4n) is 15.7. The van der Waals surface area contributed by atoms with Crippen molar-refractivity contribution < 1.29 is 55.6 Å². The van der Waals surface area contributed by atoms with Crippen LogP contribution in [0.1, 0.15) is 163 Å². The van der Waals surface area contributed by atoms with Crippen LogP contribution in [0.2, 0.25) is 10.0 Å². The number of ether oxygens (including phenoxy) is 4. The lowest BCUT2D eigenvalue weighted by Gasteiger charge is -2.49. The summed E-state index contributed by atoms with van der Waals surface area (Å²) in [6.45, 7) is 18.7. The first-order valence-electron chi connectivity index (χ1n) is 33.4. The number of anilines is 2. The van der Waals surface area contributed by atoms with E-state index in [4.69, 9.17) is 42.1 Å². The second-order valence-electron chi connectivity index (χ2n) is 28.8. The Labute approximate surface area is 555 Å². The predicted octanol–water partition coefficient (Wildman–Crippen LogP) is 12.1. The number of allylic oxidation sites excluding steroid dienone is 2. The Morgan fingerprint density at radius 3 is 1.36 bits per heavy atom. The Kier molecular flexibility index (Phi) is 20.1. The average molecular weight is 1340 g/mol. The Bertz CT molecular complexity index is 3460. The lowest BCUT2D eigenvalue weighted by atomic mass is 9.64. The van der Waals surface area contributed by atoms with Gasteiger partial charge in [-0.2, -0.15) is 0 Å². The number of rotatable bonds is 6. The van der Waals surface area contributed by atoms with Gasteiger partial charge in [-0.3, -0.25) is 9.59 Å². The number of carbonyl (C=O) groups is 2. The zero-order valence-electron chi connectivity index (χ0n) is 54.6. The van der Waals surface area contributed by atoms with Gasteiger partial charge < -0.3 is 39.0 Å². The highest BCUT2D eigenvalue weighted by Crippen LogP contribution is 2.51. The molecule has 2 saturated carbocycles. The van der Waals surface area contributed by atoms with Crippen molar-refractivity contribution in [3.63, 3.8) is 0 Å². The van der Waals surface area contributed by atoms with E-state index in [0.717, 1.165) is 85.6 Å². The fraction of sp³-hybridized carbons (Fsp3) is 0.583. The normalized spacial score (nSPS) is 33.2. The van der Waals surface area contributed by atoms with Crippen molar-refractivity contribution in [2.45, 2.75) is 177 Å². The van der Waals surface area contributed by atoms with Crippen molar-refractivity contribution in [2.24, 2.45) is 35.5 Å². The van der Waals surface area contributed by atoms with Gasteiger partial charge in [-0.1, -0.05) is 73.5 Å². The summed E-state index contributed by atoms with van der Waals surface area (Å²) in [5, 5.41) is 24.2. The Balaban J connectivity index is 0.000000188. The summed E-state index contributed by atoms with van der Waals surface area (Å²) in [5.41, 5.74) is 4.03. The van der Waals surface area contributed by atoms with Gasteiger partial charge in [0.2, 0.25) is 20.0 Å². The summed E-state index contributed by atoms with van der Waals surface area (Å²) >= 11 is 12.9. The summed E-state index contributed by atoms with van der Waals surface area (Å²) in [5.74, 6) is -0.300. The molecule has 4 bridgehead atoms. The van der Waals surface area contributed by atoms with Gasteiger partial charge in [0.25, 0.3) is 11.8 Å². The first kappa shape index (κ1) is 68.2. The fourth-order valence-corrected chi connectivity index (χ4v) is 18.6. The molecular weight excluding hydrogens is 1250 g/mol. The van der Waals surface area contributed by atoms with Crippen LogP contribution in [0, 0.1) is 35.5 Å². The molecule has 16 nitrogen and oxygen atoms in total. The van der Waals surface area contributed by atoms with Crippen molar-refractivity contribution >= 4 is 66.4 Å². The topological polar surface area (TPSA) is 210 Å². The van der Waals surface area contributed by atoms with E-state index in [0.29, 0.717) is 63.7 Å². The van der Waals surface area contributed by atoms with E-state index in [1.807, 2.05) is 78.0 Å². The Hall–Kier alpha value is -5.18. The summed E-state index contributed by atoms with van der Waals surface area (Å²) in [7, 11) is -7.94. The lowest BCUT2D eigenvalue weighted by Crippen LogP contribution is -2.54. The molecule has 2 spiro atoms. The van der Waals surface area contributed by atoms with Gasteiger partial charge in [-0.15, -0.1) is 0 Å². The zero-order valence-corrected chi connectivity index (χ0v) is 57.7. The van der Waals surface area contributed by atoms with E-state index < -0.39 is 53.6 Å². The standard InChI is InChI=1S/2C36H47ClN2O6S/c2*1-23(2)44-22-36(41)16-5-7-24(3)25(4)46(42,43)38-34(40)27-10-14-33-32(18-27)39(19-28-9-12-31(28)36)20-35(21-45-33)15-6-8-26-17-29(37)11-13-30(26)35/h2*5,10-11,13-14,16-18,23-25,28,31,41H,6-9,12,15,19-22H2,1-4H3,(H,38,40)/b2*16-5+/t24-,25+,28-,31+,35-,36+;24-,25+,28-,31+,35-,36-/m00/s1. The average Bonchev–Trinajstić information content (AvgIpc) is 1.14. The number of aryl methyl sites for hydroxylation is 2.